The highest BCUT2D eigenvalue weighted by molar-refractivity contribution is 7.80. The van der Waals surface area contributed by atoms with Gasteiger partial charge in [-0.3, -0.25) is 0 Å². The first-order valence-electron chi connectivity index (χ1n) is 4.64. The van der Waals surface area contributed by atoms with Gasteiger partial charge in [0.25, 0.3) is 0 Å². The number of thiol groups is 1. The van der Waals surface area contributed by atoms with Gasteiger partial charge in [0.15, 0.2) is 23.3 Å². The largest absolute Gasteiger partial charge is 0.203 e. The maximum Gasteiger partial charge on any atom is 0.175 e. The van der Waals surface area contributed by atoms with Gasteiger partial charge in [0.2, 0.25) is 0 Å². The van der Waals surface area contributed by atoms with E-state index in [2.05, 4.69) is 12.6 Å². The van der Waals surface area contributed by atoms with Crippen LogP contribution in [0.15, 0.2) is 35.2 Å². The smallest absolute Gasteiger partial charge is 0.175 e. The van der Waals surface area contributed by atoms with Gasteiger partial charge in [0, 0.05) is 0 Å². The van der Waals surface area contributed by atoms with Crippen molar-refractivity contribution in [2.75, 3.05) is 0 Å². The Labute approximate surface area is 100 Å². The molecule has 88 valence electrons. The predicted octanol–water partition coefficient (Wildman–Crippen LogP) is 4.20. The fraction of sp³-hybridized carbons (Fsp3) is 0. The van der Waals surface area contributed by atoms with Gasteiger partial charge >= 0.3 is 0 Å². The average molecular weight is 258 g/mol. The molecule has 0 N–H and O–H groups in total. The van der Waals surface area contributed by atoms with E-state index in [9.17, 15) is 17.6 Å². The van der Waals surface area contributed by atoms with Gasteiger partial charge < -0.3 is 0 Å². The Bertz CT molecular complexity index is 537. The third kappa shape index (κ3) is 1.91. The van der Waals surface area contributed by atoms with Gasteiger partial charge in [-0.15, -0.1) is 12.6 Å². The highest BCUT2D eigenvalue weighted by Crippen LogP contribution is 2.33. The van der Waals surface area contributed by atoms with Crippen molar-refractivity contribution in [2.24, 2.45) is 0 Å². The molecule has 0 heterocycles. The molecule has 2 rings (SSSR count). The van der Waals surface area contributed by atoms with E-state index in [4.69, 9.17) is 0 Å². The summed E-state index contributed by atoms with van der Waals surface area (Å²) in [6.45, 7) is 0. The Hall–Kier alpha value is -1.49. The first-order chi connectivity index (χ1) is 8.04. The molecule has 0 atom stereocenters. The van der Waals surface area contributed by atoms with E-state index >= 15 is 0 Å². The third-order valence-electron chi connectivity index (χ3n) is 2.30. The van der Waals surface area contributed by atoms with Crippen molar-refractivity contribution in [3.8, 4) is 11.1 Å². The minimum atomic E-state index is -1.49. The lowest BCUT2D eigenvalue weighted by Gasteiger charge is -2.09. The van der Waals surface area contributed by atoms with Crippen LogP contribution in [0.3, 0.4) is 0 Å². The summed E-state index contributed by atoms with van der Waals surface area (Å²) in [5, 5.41) is 0. The van der Waals surface area contributed by atoms with Crippen LogP contribution in [0.2, 0.25) is 0 Å². The minimum Gasteiger partial charge on any atom is -0.203 e. The average Bonchev–Trinajstić information content (AvgIpc) is 2.36. The van der Waals surface area contributed by atoms with E-state index in [1.54, 1.807) is 6.07 Å². The summed E-state index contributed by atoms with van der Waals surface area (Å²) in [5.41, 5.74) is -0.660. The Balaban J connectivity index is 2.80. The summed E-state index contributed by atoms with van der Waals surface area (Å²) in [5.74, 6) is -5.88. The molecular weight excluding hydrogens is 252 g/mol. The molecule has 0 saturated carbocycles. The fourth-order valence-corrected chi connectivity index (χ4v) is 1.67. The van der Waals surface area contributed by atoms with Gasteiger partial charge in [-0.05, 0) is 5.56 Å². The molecular formula is C12H6F4S. The van der Waals surface area contributed by atoms with E-state index < -0.39 is 33.7 Å². The third-order valence-corrected chi connectivity index (χ3v) is 2.70. The SMILES string of the molecule is Fc1c(F)c(-c2ccccc2)c(F)c(F)c1S. The molecule has 0 nitrogen and oxygen atoms in total. The minimum absolute atomic E-state index is 0.0635. The van der Waals surface area contributed by atoms with E-state index in [0.29, 0.717) is 0 Å². The van der Waals surface area contributed by atoms with Crippen LogP contribution < -0.4 is 0 Å². The van der Waals surface area contributed by atoms with Crippen LogP contribution in [0, 0.1) is 23.3 Å². The van der Waals surface area contributed by atoms with Crippen molar-refractivity contribution in [3.05, 3.63) is 53.6 Å². The predicted molar refractivity (Wildman–Crippen MR) is 59.0 cm³/mol. The van der Waals surface area contributed by atoms with Crippen LogP contribution in [0.25, 0.3) is 11.1 Å². The number of rotatable bonds is 1. The van der Waals surface area contributed by atoms with Crippen molar-refractivity contribution >= 4 is 12.6 Å². The number of halogens is 4. The van der Waals surface area contributed by atoms with Gasteiger partial charge in [0.05, 0.1) is 10.5 Å². The summed E-state index contributed by atoms with van der Waals surface area (Å²) in [6, 6.07) is 7.37. The molecule has 2 aromatic carbocycles. The van der Waals surface area contributed by atoms with Gasteiger partial charge in [-0.2, -0.15) is 0 Å². The Morgan fingerprint density at radius 1 is 0.706 bits per heavy atom. The quantitative estimate of drug-likeness (QED) is 0.442. The number of hydrogen-bond donors (Lipinski definition) is 1. The highest BCUT2D eigenvalue weighted by atomic mass is 32.1. The second-order valence-electron chi connectivity index (χ2n) is 3.35. The normalized spacial score (nSPS) is 10.6. The zero-order chi connectivity index (χ0) is 12.6. The summed E-state index contributed by atoms with van der Waals surface area (Å²) in [6.07, 6.45) is 0. The lowest BCUT2D eigenvalue weighted by Crippen LogP contribution is -2.01. The van der Waals surface area contributed by atoms with Crippen LogP contribution in [0.4, 0.5) is 17.6 Å². The monoisotopic (exact) mass is 258 g/mol. The summed E-state index contributed by atoms with van der Waals surface area (Å²) >= 11 is 3.38. The zero-order valence-corrected chi connectivity index (χ0v) is 9.24. The number of benzene rings is 2. The molecule has 17 heavy (non-hydrogen) atoms. The van der Waals surface area contributed by atoms with E-state index in [-0.39, 0.29) is 5.56 Å². The molecule has 0 saturated heterocycles. The molecule has 5 heteroatoms. The first kappa shape index (κ1) is 12.0. The highest BCUT2D eigenvalue weighted by Gasteiger charge is 2.24. The summed E-state index contributed by atoms with van der Waals surface area (Å²) in [4.78, 5) is -0.959. The molecule has 0 fully saturated rings. The molecule has 0 aliphatic heterocycles. The molecule has 0 aliphatic rings. The fourth-order valence-electron chi connectivity index (χ4n) is 1.48. The van der Waals surface area contributed by atoms with Crippen molar-refractivity contribution in [2.45, 2.75) is 4.90 Å². The Kier molecular flexibility index (Phi) is 3.11. The van der Waals surface area contributed by atoms with Crippen LogP contribution >= 0.6 is 12.6 Å². The van der Waals surface area contributed by atoms with Crippen molar-refractivity contribution < 1.29 is 17.6 Å². The molecule has 0 spiro atoms. The zero-order valence-electron chi connectivity index (χ0n) is 8.35. The lowest BCUT2D eigenvalue weighted by atomic mass is 10.0. The molecule has 0 aromatic heterocycles. The Morgan fingerprint density at radius 3 is 1.65 bits per heavy atom. The summed E-state index contributed by atoms with van der Waals surface area (Å²) < 4.78 is 53.6. The second kappa shape index (κ2) is 4.41. The molecule has 2 aromatic rings. The molecule has 0 unspecified atom stereocenters. The topological polar surface area (TPSA) is 0 Å². The van der Waals surface area contributed by atoms with E-state index in [1.807, 2.05) is 0 Å². The van der Waals surface area contributed by atoms with Gasteiger partial charge in [-0.1, -0.05) is 30.3 Å². The van der Waals surface area contributed by atoms with Crippen LogP contribution in [0.1, 0.15) is 0 Å². The Morgan fingerprint density at radius 2 is 1.18 bits per heavy atom. The van der Waals surface area contributed by atoms with E-state index in [0.717, 1.165) is 0 Å². The maximum absolute atomic E-state index is 13.6. The summed E-state index contributed by atoms with van der Waals surface area (Å²) in [7, 11) is 0. The van der Waals surface area contributed by atoms with Gasteiger partial charge in [-0.25, -0.2) is 17.6 Å². The first-order valence-corrected chi connectivity index (χ1v) is 5.09. The van der Waals surface area contributed by atoms with Crippen LogP contribution in [0.5, 0.6) is 0 Å². The number of hydrogen-bond acceptors (Lipinski definition) is 1. The van der Waals surface area contributed by atoms with Crippen molar-refractivity contribution in [1.82, 2.24) is 0 Å². The van der Waals surface area contributed by atoms with Crippen LogP contribution in [-0.2, 0) is 0 Å². The second-order valence-corrected chi connectivity index (χ2v) is 3.79. The van der Waals surface area contributed by atoms with Crippen molar-refractivity contribution in [1.29, 1.82) is 0 Å². The van der Waals surface area contributed by atoms with Crippen molar-refractivity contribution in [3.63, 3.8) is 0 Å². The molecule has 0 amide bonds. The maximum atomic E-state index is 13.6. The lowest BCUT2D eigenvalue weighted by molar-refractivity contribution is 0.430. The van der Waals surface area contributed by atoms with Crippen LogP contribution in [-0.4, -0.2) is 0 Å². The molecule has 0 aliphatic carbocycles. The molecule has 0 radical (unpaired) electrons. The van der Waals surface area contributed by atoms with Gasteiger partial charge in [0.1, 0.15) is 0 Å². The standard InChI is InChI=1S/C12H6F4S/c13-8-7(6-4-2-1-3-5-6)9(14)11(16)12(17)10(8)15/h1-5,17H. The van der Waals surface area contributed by atoms with E-state index in [1.165, 1.54) is 24.3 Å². The molecule has 0 bridgehead atoms.